The van der Waals surface area contributed by atoms with Crippen LogP contribution in [0.5, 0.6) is 0 Å². The van der Waals surface area contributed by atoms with Crippen molar-refractivity contribution < 1.29 is 12.9 Å². The largest absolute Gasteiger partial charge is 0.485 e. The van der Waals surface area contributed by atoms with Crippen molar-refractivity contribution in [2.24, 2.45) is 0 Å². The molecule has 0 amide bonds. The predicted molar refractivity (Wildman–Crippen MR) is 33.3 cm³/mol. The van der Waals surface area contributed by atoms with Crippen LogP contribution in [0.3, 0.4) is 0 Å². The Morgan fingerprint density at radius 1 is 1.56 bits per heavy atom. The van der Waals surface area contributed by atoms with Crippen molar-refractivity contribution in [2.45, 2.75) is 19.2 Å². The molecule has 0 aromatic heterocycles. The molecule has 0 saturated carbocycles. The molecule has 9 heavy (non-hydrogen) atoms. The van der Waals surface area contributed by atoms with Crippen LogP contribution in [0.1, 0.15) is 13.3 Å². The fourth-order valence-electron chi connectivity index (χ4n) is 0.588. The van der Waals surface area contributed by atoms with Gasteiger partial charge >= 0.3 is 6.98 Å². The van der Waals surface area contributed by atoms with Crippen LogP contribution in [-0.2, 0) is 0 Å². The highest BCUT2D eigenvalue weighted by atomic mass is 19.4. The standard InChI is InChI=1S/C5H9BF3/c1-3-5(4-2)6(7,8)9/h3,5H,1,4H2,2H3/q-1/t5-/m1/s1. The van der Waals surface area contributed by atoms with Crippen LogP contribution >= 0.6 is 0 Å². The van der Waals surface area contributed by atoms with Crippen molar-refractivity contribution in [2.75, 3.05) is 0 Å². The second-order valence-corrected chi connectivity index (χ2v) is 1.93. The van der Waals surface area contributed by atoms with E-state index in [0.29, 0.717) is 0 Å². The molecule has 4 heteroatoms. The van der Waals surface area contributed by atoms with E-state index in [0.717, 1.165) is 6.08 Å². The topological polar surface area (TPSA) is 0 Å². The fraction of sp³-hybridized carbons (Fsp3) is 0.600. The molecule has 0 unspecified atom stereocenters. The van der Waals surface area contributed by atoms with Crippen molar-refractivity contribution in [3.05, 3.63) is 12.7 Å². The van der Waals surface area contributed by atoms with Gasteiger partial charge in [0.2, 0.25) is 0 Å². The van der Waals surface area contributed by atoms with Crippen LogP contribution in [0.2, 0.25) is 5.82 Å². The SMILES string of the molecule is C=C[C@H](CC)[B-](F)(F)F. The summed E-state index contributed by atoms with van der Waals surface area (Å²) >= 11 is 0. The van der Waals surface area contributed by atoms with E-state index in [1.165, 1.54) is 6.92 Å². The van der Waals surface area contributed by atoms with Gasteiger partial charge in [-0.05, 0) is 0 Å². The van der Waals surface area contributed by atoms with Crippen molar-refractivity contribution in [1.29, 1.82) is 0 Å². The average molecular weight is 137 g/mol. The summed E-state index contributed by atoms with van der Waals surface area (Å²) in [6, 6.07) is 0. The van der Waals surface area contributed by atoms with Gasteiger partial charge in [0.1, 0.15) is 0 Å². The lowest BCUT2D eigenvalue weighted by molar-refractivity contribution is 0.447. The number of halogens is 3. The Hall–Kier alpha value is -0.405. The summed E-state index contributed by atoms with van der Waals surface area (Å²) in [5.74, 6) is -1.27. The summed E-state index contributed by atoms with van der Waals surface area (Å²) in [6.45, 7) is -0.0920. The molecule has 0 aliphatic rings. The first-order valence-electron chi connectivity index (χ1n) is 2.84. The van der Waals surface area contributed by atoms with Crippen LogP contribution in [0.25, 0.3) is 0 Å². The molecule has 0 N–H and O–H groups in total. The minimum atomic E-state index is -4.69. The Morgan fingerprint density at radius 3 is 2.00 bits per heavy atom. The van der Waals surface area contributed by atoms with Crippen LogP contribution in [0, 0.1) is 0 Å². The molecule has 54 valence electrons. The molecule has 0 rings (SSSR count). The van der Waals surface area contributed by atoms with Crippen LogP contribution < -0.4 is 0 Å². The van der Waals surface area contributed by atoms with E-state index in [2.05, 4.69) is 6.58 Å². The van der Waals surface area contributed by atoms with Gasteiger partial charge in [-0.1, -0.05) is 19.2 Å². The van der Waals surface area contributed by atoms with Gasteiger partial charge in [0, 0.05) is 0 Å². The van der Waals surface area contributed by atoms with Crippen molar-refractivity contribution in [3.63, 3.8) is 0 Å². The minimum Gasteiger partial charge on any atom is -0.449 e. The molecule has 0 aromatic carbocycles. The maximum Gasteiger partial charge on any atom is 0.485 e. The molecule has 0 fully saturated rings. The third-order valence-electron chi connectivity index (χ3n) is 1.26. The Labute approximate surface area is 52.8 Å². The summed E-state index contributed by atoms with van der Waals surface area (Å²) in [5, 5.41) is 0. The Morgan fingerprint density at radius 2 is 2.00 bits per heavy atom. The van der Waals surface area contributed by atoms with Gasteiger partial charge in [0.25, 0.3) is 0 Å². The first-order valence-corrected chi connectivity index (χ1v) is 2.84. The maximum absolute atomic E-state index is 11.7. The van der Waals surface area contributed by atoms with Crippen LogP contribution in [-0.4, -0.2) is 6.98 Å². The van der Waals surface area contributed by atoms with Gasteiger partial charge in [-0.25, -0.2) is 0 Å². The van der Waals surface area contributed by atoms with E-state index in [-0.39, 0.29) is 6.42 Å². The molecule has 0 aliphatic heterocycles. The fourth-order valence-corrected chi connectivity index (χ4v) is 0.588. The normalized spacial score (nSPS) is 15.1. The van der Waals surface area contributed by atoms with Crippen LogP contribution in [0.15, 0.2) is 12.7 Å². The van der Waals surface area contributed by atoms with Gasteiger partial charge in [-0.2, -0.15) is 0 Å². The van der Waals surface area contributed by atoms with E-state index < -0.39 is 12.8 Å². The summed E-state index contributed by atoms with van der Waals surface area (Å²) in [5.41, 5.74) is 0. The molecule has 0 nitrogen and oxygen atoms in total. The molecule has 1 atom stereocenters. The Bertz CT molecular complexity index is 96.9. The number of hydrogen-bond donors (Lipinski definition) is 0. The number of hydrogen-bond acceptors (Lipinski definition) is 0. The lowest BCUT2D eigenvalue weighted by Gasteiger charge is -2.21. The van der Waals surface area contributed by atoms with Crippen molar-refractivity contribution in [1.82, 2.24) is 0 Å². The van der Waals surface area contributed by atoms with E-state index in [4.69, 9.17) is 0 Å². The minimum absolute atomic E-state index is 0.104. The van der Waals surface area contributed by atoms with E-state index >= 15 is 0 Å². The number of allylic oxidation sites excluding steroid dienone is 1. The van der Waals surface area contributed by atoms with E-state index in [9.17, 15) is 12.9 Å². The van der Waals surface area contributed by atoms with Gasteiger partial charge in [-0.3, -0.25) is 0 Å². The second-order valence-electron chi connectivity index (χ2n) is 1.93. The van der Waals surface area contributed by atoms with Gasteiger partial charge in [0.15, 0.2) is 0 Å². The highest BCUT2D eigenvalue weighted by Crippen LogP contribution is 2.29. The highest BCUT2D eigenvalue weighted by Gasteiger charge is 2.30. The molecule has 0 radical (unpaired) electrons. The van der Waals surface area contributed by atoms with E-state index in [1.807, 2.05) is 0 Å². The molecule has 0 spiro atoms. The maximum atomic E-state index is 11.7. The Kier molecular flexibility index (Phi) is 2.81. The van der Waals surface area contributed by atoms with Gasteiger partial charge < -0.3 is 12.9 Å². The highest BCUT2D eigenvalue weighted by molar-refractivity contribution is 6.60. The van der Waals surface area contributed by atoms with Crippen molar-refractivity contribution >= 4 is 6.98 Å². The third kappa shape index (κ3) is 2.58. The lowest BCUT2D eigenvalue weighted by atomic mass is 9.71. The quantitative estimate of drug-likeness (QED) is 0.414. The molecule has 0 aliphatic carbocycles. The van der Waals surface area contributed by atoms with Crippen LogP contribution in [0.4, 0.5) is 12.9 Å². The predicted octanol–water partition coefficient (Wildman–Crippen LogP) is 2.80. The van der Waals surface area contributed by atoms with Gasteiger partial charge in [-0.15, -0.1) is 12.7 Å². The zero-order valence-electron chi connectivity index (χ0n) is 5.28. The molecular formula is C5H9BF3-. The molecule has 0 heterocycles. The molecule has 0 aromatic rings. The third-order valence-corrected chi connectivity index (χ3v) is 1.26. The van der Waals surface area contributed by atoms with E-state index in [1.54, 1.807) is 0 Å². The number of rotatable bonds is 3. The monoisotopic (exact) mass is 137 g/mol. The van der Waals surface area contributed by atoms with Gasteiger partial charge in [0.05, 0.1) is 0 Å². The first kappa shape index (κ1) is 8.59. The summed E-state index contributed by atoms with van der Waals surface area (Å²) < 4.78 is 35.1. The smallest absolute Gasteiger partial charge is 0.449 e. The molecule has 0 bridgehead atoms. The zero-order valence-corrected chi connectivity index (χ0v) is 5.28. The second kappa shape index (κ2) is 2.94. The van der Waals surface area contributed by atoms with Crippen molar-refractivity contribution in [3.8, 4) is 0 Å². The summed E-state index contributed by atoms with van der Waals surface area (Å²) in [4.78, 5) is 0. The Balaban J connectivity index is 3.94. The lowest BCUT2D eigenvalue weighted by Crippen LogP contribution is -2.21. The zero-order chi connectivity index (χ0) is 7.49. The first-order chi connectivity index (χ1) is 4.02. The summed E-state index contributed by atoms with van der Waals surface area (Å²) in [6.07, 6.45) is 1.06. The molecule has 0 saturated heterocycles. The molecular weight excluding hydrogens is 128 g/mol. The summed E-state index contributed by atoms with van der Waals surface area (Å²) in [7, 11) is 0. The average Bonchev–Trinajstić information content (AvgIpc) is 1.65.